The monoisotopic (exact) mass is 288 g/mol. The molecule has 114 valence electrons. The molecule has 1 fully saturated rings. The highest BCUT2D eigenvalue weighted by atomic mass is 15.3. The highest BCUT2D eigenvalue weighted by molar-refractivity contribution is 5.87. The molecular formula is C15H24N6. The molecule has 0 aromatic carbocycles. The summed E-state index contributed by atoms with van der Waals surface area (Å²) in [6.07, 6.45) is 3.04. The van der Waals surface area contributed by atoms with Crippen molar-refractivity contribution in [2.45, 2.75) is 34.1 Å². The zero-order valence-corrected chi connectivity index (χ0v) is 13.3. The summed E-state index contributed by atoms with van der Waals surface area (Å²) in [6.45, 7) is 11.9. The molecule has 1 unspecified atom stereocenters. The summed E-state index contributed by atoms with van der Waals surface area (Å²) in [7, 11) is 0. The molecule has 0 amide bonds. The van der Waals surface area contributed by atoms with E-state index >= 15 is 0 Å². The molecule has 1 saturated heterocycles. The number of aromatic amines is 1. The highest BCUT2D eigenvalue weighted by Gasteiger charge is 2.33. The Morgan fingerprint density at radius 2 is 2.19 bits per heavy atom. The number of nitrogens with one attached hydrogen (secondary N) is 2. The van der Waals surface area contributed by atoms with Crippen LogP contribution in [-0.4, -0.2) is 39.8 Å². The molecule has 6 heteroatoms. The average molecular weight is 288 g/mol. The smallest absolute Gasteiger partial charge is 0.226 e. The van der Waals surface area contributed by atoms with E-state index in [1.165, 1.54) is 6.42 Å². The molecule has 21 heavy (non-hydrogen) atoms. The SMILES string of the molecule is CCNc1nc(N2CCC(C(C)(C)C)C2)c2cn[nH]c2n1. The molecule has 0 radical (unpaired) electrons. The maximum Gasteiger partial charge on any atom is 0.226 e. The Balaban J connectivity index is 1.94. The molecule has 0 spiro atoms. The summed E-state index contributed by atoms with van der Waals surface area (Å²) < 4.78 is 0. The average Bonchev–Trinajstić information content (AvgIpc) is 3.06. The van der Waals surface area contributed by atoms with E-state index in [1.807, 2.05) is 13.1 Å². The largest absolute Gasteiger partial charge is 0.356 e. The molecule has 3 rings (SSSR count). The predicted molar refractivity (Wildman–Crippen MR) is 85.6 cm³/mol. The van der Waals surface area contributed by atoms with Crippen LogP contribution in [0.25, 0.3) is 11.0 Å². The number of anilines is 2. The van der Waals surface area contributed by atoms with E-state index in [0.717, 1.165) is 36.5 Å². The highest BCUT2D eigenvalue weighted by Crippen LogP contribution is 2.36. The van der Waals surface area contributed by atoms with Crippen LogP contribution in [-0.2, 0) is 0 Å². The molecule has 2 aromatic heterocycles. The van der Waals surface area contributed by atoms with E-state index in [-0.39, 0.29) is 0 Å². The number of aromatic nitrogens is 4. The van der Waals surface area contributed by atoms with Crippen molar-refractivity contribution in [2.75, 3.05) is 29.9 Å². The summed E-state index contributed by atoms with van der Waals surface area (Å²) in [5, 5.41) is 11.3. The Bertz CT molecular complexity index is 627. The lowest BCUT2D eigenvalue weighted by molar-refractivity contribution is 0.263. The van der Waals surface area contributed by atoms with Gasteiger partial charge < -0.3 is 10.2 Å². The number of H-pyrrole nitrogens is 1. The Morgan fingerprint density at radius 3 is 2.86 bits per heavy atom. The van der Waals surface area contributed by atoms with E-state index in [9.17, 15) is 0 Å². The second-order valence-electron chi connectivity index (χ2n) is 6.83. The number of nitrogens with zero attached hydrogens (tertiary/aromatic N) is 4. The van der Waals surface area contributed by atoms with Gasteiger partial charge in [0.05, 0.1) is 11.6 Å². The van der Waals surface area contributed by atoms with Gasteiger partial charge in [0.25, 0.3) is 0 Å². The fourth-order valence-corrected chi connectivity index (χ4v) is 2.96. The van der Waals surface area contributed by atoms with E-state index < -0.39 is 0 Å². The van der Waals surface area contributed by atoms with Crippen LogP contribution in [0.15, 0.2) is 6.20 Å². The maximum atomic E-state index is 4.71. The lowest BCUT2D eigenvalue weighted by Gasteiger charge is -2.27. The summed E-state index contributed by atoms with van der Waals surface area (Å²) in [6, 6.07) is 0. The maximum absolute atomic E-state index is 4.71. The fraction of sp³-hybridized carbons (Fsp3) is 0.667. The van der Waals surface area contributed by atoms with Gasteiger partial charge in [-0.25, -0.2) is 0 Å². The van der Waals surface area contributed by atoms with Crippen molar-refractivity contribution in [1.82, 2.24) is 20.2 Å². The van der Waals surface area contributed by atoms with Crippen LogP contribution in [0, 0.1) is 11.3 Å². The topological polar surface area (TPSA) is 69.7 Å². The van der Waals surface area contributed by atoms with Crippen LogP contribution in [0.5, 0.6) is 0 Å². The van der Waals surface area contributed by atoms with E-state index in [1.54, 1.807) is 0 Å². The Hall–Kier alpha value is -1.85. The van der Waals surface area contributed by atoms with Crippen LogP contribution in [0.2, 0.25) is 0 Å². The molecule has 0 bridgehead atoms. The Morgan fingerprint density at radius 1 is 1.38 bits per heavy atom. The van der Waals surface area contributed by atoms with Crippen molar-refractivity contribution in [3.63, 3.8) is 0 Å². The minimum Gasteiger partial charge on any atom is -0.356 e. The first-order valence-electron chi connectivity index (χ1n) is 7.69. The van der Waals surface area contributed by atoms with Crippen molar-refractivity contribution in [2.24, 2.45) is 11.3 Å². The van der Waals surface area contributed by atoms with Gasteiger partial charge in [-0.1, -0.05) is 20.8 Å². The van der Waals surface area contributed by atoms with Gasteiger partial charge in [-0.05, 0) is 24.7 Å². The number of hydrogen-bond donors (Lipinski definition) is 2. The minimum absolute atomic E-state index is 0.335. The van der Waals surface area contributed by atoms with Gasteiger partial charge in [0, 0.05) is 19.6 Å². The first-order valence-corrected chi connectivity index (χ1v) is 7.69. The van der Waals surface area contributed by atoms with Crippen molar-refractivity contribution >= 4 is 22.8 Å². The lowest BCUT2D eigenvalue weighted by atomic mass is 9.80. The minimum atomic E-state index is 0.335. The second kappa shape index (κ2) is 5.16. The molecule has 0 aliphatic carbocycles. The molecule has 0 saturated carbocycles. The summed E-state index contributed by atoms with van der Waals surface area (Å²) in [5.74, 6) is 2.36. The van der Waals surface area contributed by atoms with Crippen LogP contribution in [0.4, 0.5) is 11.8 Å². The Kier molecular flexibility index (Phi) is 3.47. The van der Waals surface area contributed by atoms with E-state index in [0.29, 0.717) is 17.3 Å². The van der Waals surface area contributed by atoms with Gasteiger partial charge in [-0.2, -0.15) is 15.1 Å². The predicted octanol–water partition coefficient (Wildman–Crippen LogP) is 2.66. The molecular weight excluding hydrogens is 264 g/mol. The third kappa shape index (κ3) is 2.66. The summed E-state index contributed by atoms with van der Waals surface area (Å²) in [4.78, 5) is 11.5. The quantitative estimate of drug-likeness (QED) is 0.908. The standard InChI is InChI=1S/C15H24N6/c1-5-16-14-18-12-11(8-17-20-12)13(19-14)21-7-6-10(9-21)15(2,3)4/h8,10H,5-7,9H2,1-4H3,(H2,16,17,18,19,20). The molecule has 1 aliphatic heterocycles. The zero-order valence-electron chi connectivity index (χ0n) is 13.3. The number of rotatable bonds is 3. The number of fused-ring (bicyclic) bond motifs is 1. The van der Waals surface area contributed by atoms with Gasteiger partial charge in [-0.15, -0.1) is 0 Å². The normalized spacial score (nSPS) is 19.4. The first kappa shape index (κ1) is 14.1. The molecule has 6 nitrogen and oxygen atoms in total. The lowest BCUT2D eigenvalue weighted by Crippen LogP contribution is -2.26. The Labute approximate surface area is 125 Å². The first-order chi connectivity index (χ1) is 9.99. The van der Waals surface area contributed by atoms with Gasteiger partial charge in [0.2, 0.25) is 5.95 Å². The van der Waals surface area contributed by atoms with Gasteiger partial charge in [-0.3, -0.25) is 5.10 Å². The third-order valence-electron chi connectivity index (χ3n) is 4.34. The van der Waals surface area contributed by atoms with Gasteiger partial charge >= 0.3 is 0 Å². The summed E-state index contributed by atoms with van der Waals surface area (Å²) >= 11 is 0. The van der Waals surface area contributed by atoms with E-state index in [4.69, 9.17) is 4.98 Å². The summed E-state index contributed by atoms with van der Waals surface area (Å²) in [5.41, 5.74) is 1.14. The second-order valence-corrected chi connectivity index (χ2v) is 6.83. The molecule has 2 aromatic rings. The van der Waals surface area contributed by atoms with E-state index in [2.05, 4.69) is 46.2 Å². The molecule has 1 atom stereocenters. The number of hydrogen-bond acceptors (Lipinski definition) is 5. The van der Waals surface area contributed by atoms with Crippen molar-refractivity contribution in [3.05, 3.63) is 6.20 Å². The van der Waals surface area contributed by atoms with Crippen molar-refractivity contribution in [1.29, 1.82) is 0 Å². The molecule has 3 heterocycles. The van der Waals surface area contributed by atoms with Crippen LogP contribution in [0.3, 0.4) is 0 Å². The fourth-order valence-electron chi connectivity index (χ4n) is 2.96. The van der Waals surface area contributed by atoms with Gasteiger partial charge in [0.15, 0.2) is 5.65 Å². The third-order valence-corrected chi connectivity index (χ3v) is 4.34. The van der Waals surface area contributed by atoms with Crippen molar-refractivity contribution < 1.29 is 0 Å². The molecule has 2 N–H and O–H groups in total. The van der Waals surface area contributed by atoms with Gasteiger partial charge in [0.1, 0.15) is 5.82 Å². The molecule has 1 aliphatic rings. The van der Waals surface area contributed by atoms with Crippen LogP contribution in [0.1, 0.15) is 34.1 Å². The zero-order chi connectivity index (χ0) is 15.0. The van der Waals surface area contributed by atoms with Crippen molar-refractivity contribution in [3.8, 4) is 0 Å². The van der Waals surface area contributed by atoms with Crippen LogP contribution < -0.4 is 10.2 Å². The van der Waals surface area contributed by atoms with Crippen LogP contribution >= 0.6 is 0 Å².